The Morgan fingerprint density at radius 3 is 2.37 bits per heavy atom. The van der Waals surface area contributed by atoms with Crippen molar-refractivity contribution in [3.05, 3.63) is 58.1 Å². The molecule has 0 aliphatic carbocycles. The zero-order valence-electron chi connectivity index (χ0n) is 19.1. The zero-order valence-corrected chi connectivity index (χ0v) is 20.6. The summed E-state index contributed by atoms with van der Waals surface area (Å²) in [6, 6.07) is 7.45. The smallest absolute Gasteiger partial charge is 0.235 e. The molecule has 188 valence electrons. The molecule has 7 nitrogen and oxygen atoms in total. The van der Waals surface area contributed by atoms with Crippen LogP contribution in [-0.4, -0.2) is 64.9 Å². The van der Waals surface area contributed by atoms with E-state index in [1.165, 1.54) is 0 Å². The molecule has 1 amide bonds. The van der Waals surface area contributed by atoms with Gasteiger partial charge in [0.2, 0.25) is 5.91 Å². The van der Waals surface area contributed by atoms with Gasteiger partial charge in [0.15, 0.2) is 9.84 Å². The monoisotopic (exact) mass is 526 g/mol. The van der Waals surface area contributed by atoms with Gasteiger partial charge in [-0.25, -0.2) is 17.2 Å². The molecular formula is C24H25ClF2N2O5S. The molecule has 0 unspecified atom stereocenters. The Bertz CT molecular complexity index is 1270. The second-order valence-corrected chi connectivity index (χ2v) is 12.2. The van der Waals surface area contributed by atoms with Crippen LogP contribution in [0.1, 0.15) is 24.0 Å². The molecule has 3 aliphatic rings. The topological polar surface area (TPSA) is 84.9 Å². The van der Waals surface area contributed by atoms with Crippen LogP contribution in [-0.2, 0) is 29.5 Å². The molecule has 35 heavy (non-hydrogen) atoms. The maximum Gasteiger partial charge on any atom is 0.235 e. The first-order valence-corrected chi connectivity index (χ1v) is 13.6. The minimum absolute atomic E-state index is 0.0135. The molecule has 2 aromatic carbocycles. The van der Waals surface area contributed by atoms with Gasteiger partial charge in [-0.3, -0.25) is 9.69 Å². The number of nitrogens with one attached hydrogen (secondary N) is 1. The Balaban J connectivity index is 1.21. The average molecular weight is 527 g/mol. The van der Waals surface area contributed by atoms with Crippen LogP contribution in [0.2, 0.25) is 5.02 Å². The molecule has 2 fully saturated rings. The van der Waals surface area contributed by atoms with Crippen LogP contribution < -0.4 is 10.1 Å². The van der Waals surface area contributed by atoms with Crippen molar-refractivity contribution in [2.24, 2.45) is 0 Å². The van der Waals surface area contributed by atoms with Crippen LogP contribution in [0.15, 0.2) is 30.3 Å². The van der Waals surface area contributed by atoms with Crippen molar-refractivity contribution in [3.63, 3.8) is 0 Å². The summed E-state index contributed by atoms with van der Waals surface area (Å²) in [7, 11) is -3.79. The lowest BCUT2D eigenvalue weighted by atomic mass is 9.73. The highest BCUT2D eigenvalue weighted by Crippen LogP contribution is 2.46. The van der Waals surface area contributed by atoms with Crippen molar-refractivity contribution in [3.8, 4) is 5.75 Å². The summed E-state index contributed by atoms with van der Waals surface area (Å²) >= 11 is 6.16. The van der Waals surface area contributed by atoms with Gasteiger partial charge >= 0.3 is 0 Å². The van der Waals surface area contributed by atoms with Crippen LogP contribution in [0.3, 0.4) is 0 Å². The summed E-state index contributed by atoms with van der Waals surface area (Å²) < 4.78 is 62.8. The number of amides is 1. The summed E-state index contributed by atoms with van der Waals surface area (Å²) in [6.07, 6.45) is 2.20. The van der Waals surface area contributed by atoms with Gasteiger partial charge < -0.3 is 14.8 Å². The van der Waals surface area contributed by atoms with Gasteiger partial charge in [0.25, 0.3) is 0 Å². The highest BCUT2D eigenvalue weighted by atomic mass is 35.5. The largest absolute Gasteiger partial charge is 0.492 e. The molecule has 1 spiro atoms. The molecule has 0 radical (unpaired) electrons. The van der Waals surface area contributed by atoms with E-state index in [2.05, 4.69) is 10.2 Å². The van der Waals surface area contributed by atoms with Gasteiger partial charge in [-0.05, 0) is 49.7 Å². The maximum atomic E-state index is 14.8. The number of halogens is 3. The number of rotatable bonds is 6. The molecule has 0 bridgehead atoms. The van der Waals surface area contributed by atoms with Gasteiger partial charge in [0.05, 0.1) is 18.6 Å². The number of fused-ring (bicyclic) bond motifs is 2. The summed E-state index contributed by atoms with van der Waals surface area (Å²) in [4.78, 5) is 14.9. The molecule has 2 saturated heterocycles. The minimum atomic E-state index is -3.79. The Hall–Kier alpha value is -2.27. The molecule has 11 heteroatoms. The molecule has 0 saturated carbocycles. The molecule has 5 rings (SSSR count). The van der Waals surface area contributed by atoms with Gasteiger partial charge in [-0.15, -0.1) is 0 Å². The lowest BCUT2D eigenvalue weighted by Gasteiger charge is -2.40. The maximum absolute atomic E-state index is 14.8. The van der Waals surface area contributed by atoms with E-state index in [1.807, 2.05) is 12.1 Å². The van der Waals surface area contributed by atoms with E-state index in [1.54, 1.807) is 6.07 Å². The summed E-state index contributed by atoms with van der Waals surface area (Å²) in [5.74, 6) is -1.98. The van der Waals surface area contributed by atoms with Crippen molar-refractivity contribution in [1.29, 1.82) is 0 Å². The third-order valence-electron chi connectivity index (χ3n) is 7.42. The van der Waals surface area contributed by atoms with Crippen molar-refractivity contribution in [1.82, 2.24) is 4.90 Å². The Morgan fingerprint density at radius 2 is 1.80 bits per heavy atom. The number of carbonyl (C=O) groups is 1. The zero-order chi connectivity index (χ0) is 25.0. The van der Waals surface area contributed by atoms with Crippen molar-refractivity contribution in [2.75, 3.05) is 51.0 Å². The fraction of sp³-hybridized carbons (Fsp3) is 0.458. The second-order valence-electron chi connectivity index (χ2n) is 9.44. The predicted octanol–water partition coefficient (Wildman–Crippen LogP) is 3.25. The number of anilines is 1. The molecule has 1 N–H and O–H groups in total. The van der Waals surface area contributed by atoms with E-state index < -0.39 is 37.2 Å². The number of ether oxygens (including phenoxy) is 2. The normalized spacial score (nSPS) is 20.9. The predicted molar refractivity (Wildman–Crippen MR) is 127 cm³/mol. The Morgan fingerprint density at radius 1 is 1.14 bits per heavy atom. The van der Waals surface area contributed by atoms with Crippen molar-refractivity contribution >= 4 is 33.0 Å². The summed E-state index contributed by atoms with van der Waals surface area (Å²) in [5.41, 5.74) is 0.631. The van der Waals surface area contributed by atoms with Crippen LogP contribution in [0.5, 0.6) is 5.75 Å². The van der Waals surface area contributed by atoms with Crippen LogP contribution in [0.4, 0.5) is 14.5 Å². The van der Waals surface area contributed by atoms with E-state index in [9.17, 15) is 22.0 Å². The van der Waals surface area contributed by atoms with E-state index in [-0.39, 0.29) is 31.5 Å². The lowest BCUT2D eigenvalue weighted by molar-refractivity contribution is -0.122. The van der Waals surface area contributed by atoms with Crippen molar-refractivity contribution in [2.45, 2.75) is 23.0 Å². The quantitative estimate of drug-likeness (QED) is 0.622. The molecule has 0 atom stereocenters. The number of benzene rings is 2. The molecule has 3 aliphatic heterocycles. The van der Waals surface area contributed by atoms with Crippen LogP contribution in [0.25, 0.3) is 0 Å². The standard InChI is InChI=1S/C24H25ClF2N2O5S/c1-35(31,32)24(13-33-14-24)21-18(26)11-16(12-19(21)27)34-9-8-29-6-4-23(5-7-29)17-10-15(25)2-3-20(17)28-22(23)30/h2-3,10-12H,4-9,13-14H2,1H3,(H,28,30). The average Bonchev–Trinajstić information content (AvgIpc) is 3.00. The van der Waals surface area contributed by atoms with E-state index >= 15 is 0 Å². The molecule has 2 aromatic rings. The Labute approximate surface area is 207 Å². The van der Waals surface area contributed by atoms with Crippen LogP contribution >= 0.6 is 11.6 Å². The lowest BCUT2D eigenvalue weighted by Crippen LogP contribution is -2.53. The van der Waals surface area contributed by atoms with Gasteiger partial charge in [0, 0.05) is 41.2 Å². The number of piperidine rings is 1. The summed E-state index contributed by atoms with van der Waals surface area (Å²) in [5, 5.41) is 3.54. The number of carbonyl (C=O) groups excluding carboxylic acids is 1. The third kappa shape index (κ3) is 4.00. The summed E-state index contributed by atoms with van der Waals surface area (Å²) in [6.45, 7) is 1.42. The van der Waals surface area contributed by atoms with Gasteiger partial charge in [-0.2, -0.15) is 0 Å². The minimum Gasteiger partial charge on any atom is -0.492 e. The van der Waals surface area contributed by atoms with Gasteiger partial charge in [0.1, 0.15) is 28.7 Å². The SMILES string of the molecule is CS(=O)(=O)C1(c2c(F)cc(OCCN3CCC4(CC3)C(=O)Nc3ccc(Cl)cc34)cc2F)COC1. The number of hydrogen-bond acceptors (Lipinski definition) is 6. The molecular weight excluding hydrogens is 502 g/mol. The van der Waals surface area contributed by atoms with E-state index in [4.69, 9.17) is 21.1 Å². The highest BCUT2D eigenvalue weighted by molar-refractivity contribution is 7.91. The number of likely N-dealkylation sites (tertiary alicyclic amines) is 1. The number of nitrogens with zero attached hydrogens (tertiary/aromatic N) is 1. The van der Waals surface area contributed by atoms with E-state index in [0.717, 1.165) is 29.6 Å². The second kappa shape index (κ2) is 8.69. The van der Waals surface area contributed by atoms with E-state index in [0.29, 0.717) is 37.5 Å². The Kier molecular flexibility index (Phi) is 6.06. The third-order valence-corrected chi connectivity index (χ3v) is 9.51. The molecule has 3 heterocycles. The number of hydrogen-bond donors (Lipinski definition) is 1. The first-order valence-electron chi connectivity index (χ1n) is 11.3. The first-order chi connectivity index (χ1) is 16.6. The number of sulfone groups is 1. The fourth-order valence-corrected chi connectivity index (χ4v) is 6.57. The highest BCUT2D eigenvalue weighted by Gasteiger charge is 2.53. The first kappa shape index (κ1) is 24.4. The van der Waals surface area contributed by atoms with Crippen molar-refractivity contribution < 1.29 is 31.5 Å². The fourth-order valence-electron chi connectivity index (χ4n) is 5.23. The van der Waals surface area contributed by atoms with Gasteiger partial charge in [-0.1, -0.05) is 11.6 Å². The van der Waals surface area contributed by atoms with Crippen LogP contribution in [0, 0.1) is 11.6 Å². The molecule has 0 aromatic heterocycles.